The van der Waals surface area contributed by atoms with E-state index in [2.05, 4.69) is 58.1 Å². The first-order chi connectivity index (χ1) is 9.45. The van der Waals surface area contributed by atoms with Crippen molar-refractivity contribution >= 4 is 0 Å². The van der Waals surface area contributed by atoms with Crippen LogP contribution in [0, 0.1) is 0 Å². The maximum Gasteiger partial charge on any atom is 0.209 e. The Morgan fingerprint density at radius 3 is 1.63 bits per heavy atom. The zero-order chi connectivity index (χ0) is 12.9. The van der Waals surface area contributed by atoms with Crippen molar-refractivity contribution in [3.05, 3.63) is 96.6 Å². The van der Waals surface area contributed by atoms with Gasteiger partial charge in [0.05, 0.1) is 12.4 Å². The maximum absolute atomic E-state index is 4.09. The van der Waals surface area contributed by atoms with Crippen LogP contribution in [0.3, 0.4) is 0 Å². The summed E-state index contributed by atoms with van der Waals surface area (Å²) in [6, 6.07) is 21.2. The SMILES string of the molecule is c1ccc(C(c2ccccc2)[n+]2ccncc2)cc1. The number of hydrogen-bond donors (Lipinski definition) is 0. The van der Waals surface area contributed by atoms with Crippen LogP contribution in [0.15, 0.2) is 85.5 Å². The Morgan fingerprint density at radius 2 is 1.16 bits per heavy atom. The lowest BCUT2D eigenvalue weighted by Gasteiger charge is -2.12. The van der Waals surface area contributed by atoms with Crippen LogP contribution in [0.5, 0.6) is 0 Å². The van der Waals surface area contributed by atoms with Gasteiger partial charge in [-0.25, -0.2) is 0 Å². The molecule has 0 atom stereocenters. The summed E-state index contributed by atoms with van der Waals surface area (Å²) in [5, 5.41) is 0. The highest BCUT2D eigenvalue weighted by Crippen LogP contribution is 2.20. The van der Waals surface area contributed by atoms with Gasteiger partial charge < -0.3 is 0 Å². The van der Waals surface area contributed by atoms with Crippen LogP contribution >= 0.6 is 0 Å². The summed E-state index contributed by atoms with van der Waals surface area (Å²) in [5.41, 5.74) is 2.54. The van der Waals surface area contributed by atoms with Gasteiger partial charge in [-0.15, -0.1) is 0 Å². The fraction of sp³-hybridized carbons (Fsp3) is 0.0588. The van der Waals surface area contributed by atoms with E-state index < -0.39 is 0 Å². The standard InChI is InChI=1S/C17H15N2/c1-3-7-15(8-4-1)17(16-9-5-2-6-10-16)19-13-11-18-12-14-19/h1-14,17H/q+1. The lowest BCUT2D eigenvalue weighted by Crippen LogP contribution is -2.40. The zero-order valence-corrected chi connectivity index (χ0v) is 10.6. The first kappa shape index (κ1) is 11.6. The van der Waals surface area contributed by atoms with E-state index in [9.17, 15) is 0 Å². The van der Waals surface area contributed by atoms with Gasteiger partial charge in [-0.3, -0.25) is 4.98 Å². The maximum atomic E-state index is 4.09. The normalized spacial score (nSPS) is 10.6. The molecule has 19 heavy (non-hydrogen) atoms. The van der Waals surface area contributed by atoms with E-state index in [0.29, 0.717) is 0 Å². The van der Waals surface area contributed by atoms with Gasteiger partial charge in [-0.2, -0.15) is 4.57 Å². The lowest BCUT2D eigenvalue weighted by atomic mass is 9.98. The van der Waals surface area contributed by atoms with Crippen molar-refractivity contribution in [1.82, 2.24) is 4.98 Å². The molecule has 0 unspecified atom stereocenters. The lowest BCUT2D eigenvalue weighted by molar-refractivity contribution is -0.705. The van der Waals surface area contributed by atoms with Crippen LogP contribution in [-0.2, 0) is 0 Å². The summed E-state index contributed by atoms with van der Waals surface area (Å²) in [6.07, 6.45) is 7.65. The molecule has 2 aromatic carbocycles. The highest BCUT2D eigenvalue weighted by atomic mass is 15.0. The second kappa shape index (κ2) is 5.44. The van der Waals surface area contributed by atoms with E-state index in [0.717, 1.165) is 0 Å². The summed E-state index contributed by atoms with van der Waals surface area (Å²) in [4.78, 5) is 4.09. The van der Waals surface area contributed by atoms with Gasteiger partial charge in [0.25, 0.3) is 0 Å². The Morgan fingerprint density at radius 1 is 0.684 bits per heavy atom. The third-order valence-corrected chi connectivity index (χ3v) is 3.18. The predicted molar refractivity (Wildman–Crippen MR) is 74.6 cm³/mol. The minimum Gasteiger partial charge on any atom is -0.252 e. The number of benzene rings is 2. The van der Waals surface area contributed by atoms with Crippen molar-refractivity contribution < 1.29 is 4.57 Å². The van der Waals surface area contributed by atoms with E-state index in [4.69, 9.17) is 0 Å². The zero-order valence-electron chi connectivity index (χ0n) is 10.6. The van der Waals surface area contributed by atoms with Gasteiger partial charge in [0.2, 0.25) is 6.04 Å². The smallest absolute Gasteiger partial charge is 0.209 e. The molecule has 2 heteroatoms. The topological polar surface area (TPSA) is 16.8 Å². The Kier molecular flexibility index (Phi) is 3.32. The highest BCUT2D eigenvalue weighted by molar-refractivity contribution is 5.29. The molecule has 0 aliphatic rings. The van der Waals surface area contributed by atoms with Crippen molar-refractivity contribution in [2.45, 2.75) is 6.04 Å². The average Bonchev–Trinajstić information content (AvgIpc) is 2.51. The molecule has 0 radical (unpaired) electrons. The molecular formula is C17H15N2+. The second-order valence-electron chi connectivity index (χ2n) is 4.42. The Hall–Kier alpha value is -2.48. The van der Waals surface area contributed by atoms with E-state index in [1.54, 1.807) is 0 Å². The van der Waals surface area contributed by atoms with Gasteiger partial charge in [-0.05, 0) is 0 Å². The summed E-state index contributed by atoms with van der Waals surface area (Å²) in [5.74, 6) is 0. The third-order valence-electron chi connectivity index (χ3n) is 3.18. The molecule has 3 rings (SSSR count). The summed E-state index contributed by atoms with van der Waals surface area (Å²) >= 11 is 0. The fourth-order valence-corrected chi connectivity index (χ4v) is 2.31. The Bertz CT molecular complexity index is 527. The largest absolute Gasteiger partial charge is 0.252 e. The molecular weight excluding hydrogens is 232 g/mol. The molecule has 92 valence electrons. The van der Waals surface area contributed by atoms with Crippen LogP contribution in [-0.4, -0.2) is 4.98 Å². The first-order valence-corrected chi connectivity index (χ1v) is 6.36. The van der Waals surface area contributed by atoms with E-state index in [1.165, 1.54) is 11.1 Å². The molecule has 0 saturated heterocycles. The molecule has 0 saturated carbocycles. The molecule has 0 amide bonds. The summed E-state index contributed by atoms with van der Waals surface area (Å²) in [7, 11) is 0. The fourth-order valence-electron chi connectivity index (χ4n) is 2.31. The van der Waals surface area contributed by atoms with Crippen LogP contribution in [0.2, 0.25) is 0 Å². The van der Waals surface area contributed by atoms with Gasteiger partial charge in [0.1, 0.15) is 0 Å². The van der Waals surface area contributed by atoms with E-state index in [1.807, 2.05) is 36.9 Å². The number of aromatic nitrogens is 2. The Balaban J connectivity index is 2.12. The molecule has 0 aliphatic heterocycles. The molecule has 0 fully saturated rings. The van der Waals surface area contributed by atoms with Crippen molar-refractivity contribution in [1.29, 1.82) is 0 Å². The van der Waals surface area contributed by atoms with Crippen LogP contribution in [0.25, 0.3) is 0 Å². The van der Waals surface area contributed by atoms with Crippen molar-refractivity contribution in [2.24, 2.45) is 0 Å². The molecule has 0 bridgehead atoms. The Labute approximate surface area is 113 Å². The van der Waals surface area contributed by atoms with Gasteiger partial charge in [0, 0.05) is 11.1 Å². The summed E-state index contributed by atoms with van der Waals surface area (Å²) < 4.78 is 2.18. The monoisotopic (exact) mass is 247 g/mol. The molecule has 3 aromatic rings. The van der Waals surface area contributed by atoms with Crippen molar-refractivity contribution in [3.63, 3.8) is 0 Å². The molecule has 0 N–H and O–H groups in total. The summed E-state index contributed by atoms with van der Waals surface area (Å²) in [6.45, 7) is 0. The molecule has 2 nitrogen and oxygen atoms in total. The quantitative estimate of drug-likeness (QED) is 0.650. The molecule has 1 aromatic heterocycles. The van der Waals surface area contributed by atoms with Gasteiger partial charge >= 0.3 is 0 Å². The van der Waals surface area contributed by atoms with Gasteiger partial charge in [-0.1, -0.05) is 60.7 Å². The number of hydrogen-bond acceptors (Lipinski definition) is 1. The van der Waals surface area contributed by atoms with E-state index in [-0.39, 0.29) is 6.04 Å². The van der Waals surface area contributed by atoms with Gasteiger partial charge in [0.15, 0.2) is 12.4 Å². The predicted octanol–water partition coefficient (Wildman–Crippen LogP) is 3.01. The van der Waals surface area contributed by atoms with Crippen LogP contribution in [0.4, 0.5) is 0 Å². The van der Waals surface area contributed by atoms with Crippen molar-refractivity contribution in [2.75, 3.05) is 0 Å². The van der Waals surface area contributed by atoms with E-state index >= 15 is 0 Å². The van der Waals surface area contributed by atoms with Crippen molar-refractivity contribution in [3.8, 4) is 0 Å². The molecule has 0 aliphatic carbocycles. The third kappa shape index (κ3) is 2.52. The minimum atomic E-state index is 0.186. The number of nitrogens with zero attached hydrogens (tertiary/aromatic N) is 2. The van der Waals surface area contributed by atoms with Crippen LogP contribution < -0.4 is 4.57 Å². The minimum absolute atomic E-state index is 0.186. The number of rotatable bonds is 3. The first-order valence-electron chi connectivity index (χ1n) is 6.36. The second-order valence-corrected chi connectivity index (χ2v) is 4.42. The average molecular weight is 247 g/mol. The highest BCUT2D eigenvalue weighted by Gasteiger charge is 2.22. The molecule has 0 spiro atoms. The van der Waals surface area contributed by atoms with Crippen LogP contribution in [0.1, 0.15) is 17.2 Å². The molecule has 1 heterocycles.